The van der Waals surface area contributed by atoms with Crippen LogP contribution in [0.1, 0.15) is 0 Å². The van der Waals surface area contributed by atoms with Gasteiger partial charge >= 0.3 is 25.7 Å². The summed E-state index contributed by atoms with van der Waals surface area (Å²) in [5.41, 5.74) is 0. The van der Waals surface area contributed by atoms with Crippen LogP contribution >= 0.6 is 69.6 Å². The number of halogens is 6. The Labute approximate surface area is 312 Å². The van der Waals surface area contributed by atoms with E-state index >= 15 is 0 Å². The molecule has 0 aromatic heterocycles. The molecular weight excluding hydrogens is 777 g/mol. The molecule has 1 saturated heterocycles. The molecule has 12 heteroatoms. The standard InChI is InChI=1S/C36H24Cl6O3Si3/c37-25-1-13-31(14-2-25)46(32-15-3-26(38)4-16-32)43-47(33-17-5-27(39)6-18-33,34-19-7-28(40)8-20-34)45-48(44-46,35-21-9-29(41)10-22-35)36-23-11-30(42)12-24-36/h1-24H. The van der Waals surface area contributed by atoms with E-state index in [0.29, 0.717) is 30.1 Å². The minimum Gasteiger partial charge on any atom is -0.402 e. The van der Waals surface area contributed by atoms with Crippen LogP contribution in [0.25, 0.3) is 0 Å². The Morgan fingerprint density at radius 3 is 0.479 bits per heavy atom. The maximum absolute atomic E-state index is 7.75. The van der Waals surface area contributed by atoms with Crippen molar-refractivity contribution in [2.24, 2.45) is 0 Å². The van der Waals surface area contributed by atoms with Crippen molar-refractivity contribution in [1.29, 1.82) is 0 Å². The van der Waals surface area contributed by atoms with Crippen LogP contribution in [0, 0.1) is 0 Å². The van der Waals surface area contributed by atoms with Crippen molar-refractivity contribution < 1.29 is 12.3 Å². The highest BCUT2D eigenvalue weighted by atomic mass is 35.5. The van der Waals surface area contributed by atoms with Gasteiger partial charge in [0, 0.05) is 30.1 Å². The Morgan fingerprint density at radius 2 is 0.354 bits per heavy atom. The van der Waals surface area contributed by atoms with Crippen LogP contribution in [0.15, 0.2) is 146 Å². The minimum atomic E-state index is -3.79. The highest BCUT2D eigenvalue weighted by molar-refractivity contribution is 7.16. The molecule has 0 saturated carbocycles. The lowest BCUT2D eigenvalue weighted by Gasteiger charge is -2.53. The Balaban J connectivity index is 1.65. The number of hydrogen-bond acceptors (Lipinski definition) is 3. The molecule has 6 aromatic rings. The molecule has 0 spiro atoms. The average Bonchev–Trinajstić information content (AvgIpc) is 3.09. The van der Waals surface area contributed by atoms with Gasteiger partial charge in [-0.25, -0.2) is 0 Å². The van der Waals surface area contributed by atoms with Gasteiger partial charge in [-0.3, -0.25) is 0 Å². The van der Waals surface area contributed by atoms with Crippen molar-refractivity contribution in [2.45, 2.75) is 0 Å². The summed E-state index contributed by atoms with van der Waals surface area (Å²) < 4.78 is 23.3. The van der Waals surface area contributed by atoms with Crippen LogP contribution in [-0.4, -0.2) is 25.7 Å². The van der Waals surface area contributed by atoms with Gasteiger partial charge in [-0.05, 0) is 104 Å². The summed E-state index contributed by atoms with van der Waals surface area (Å²) in [4.78, 5) is 0. The lowest BCUT2D eigenvalue weighted by atomic mass is 10.4. The van der Waals surface area contributed by atoms with Gasteiger partial charge in [0.2, 0.25) is 0 Å². The molecule has 1 heterocycles. The molecule has 6 aromatic carbocycles. The zero-order valence-electron chi connectivity index (χ0n) is 24.8. The lowest BCUT2D eigenvalue weighted by Crippen LogP contribution is -2.88. The summed E-state index contributed by atoms with van der Waals surface area (Å²) in [6, 6.07) is 45.9. The minimum absolute atomic E-state index is 0.587. The second kappa shape index (κ2) is 13.7. The van der Waals surface area contributed by atoms with Crippen LogP contribution < -0.4 is 31.1 Å². The van der Waals surface area contributed by atoms with E-state index in [-0.39, 0.29) is 0 Å². The van der Waals surface area contributed by atoms with Crippen LogP contribution in [0.5, 0.6) is 0 Å². The monoisotopic (exact) mass is 798 g/mol. The molecule has 0 unspecified atom stereocenters. The fourth-order valence-electron chi connectivity index (χ4n) is 5.89. The summed E-state index contributed by atoms with van der Waals surface area (Å²) in [5, 5.41) is 8.59. The molecule has 0 atom stereocenters. The molecule has 0 bridgehead atoms. The molecule has 0 N–H and O–H groups in total. The molecule has 240 valence electrons. The first-order chi connectivity index (χ1) is 23.1. The van der Waals surface area contributed by atoms with Gasteiger partial charge in [-0.2, -0.15) is 0 Å². The summed E-state index contributed by atoms with van der Waals surface area (Å²) in [7, 11) is -11.4. The average molecular weight is 802 g/mol. The van der Waals surface area contributed by atoms with E-state index in [9.17, 15) is 0 Å². The normalized spacial score (nSPS) is 16.4. The first kappa shape index (κ1) is 34.1. The zero-order chi connectivity index (χ0) is 33.5. The number of hydrogen-bond donors (Lipinski definition) is 0. The van der Waals surface area contributed by atoms with Crippen LogP contribution in [0.4, 0.5) is 0 Å². The van der Waals surface area contributed by atoms with E-state index in [2.05, 4.69) is 0 Å². The van der Waals surface area contributed by atoms with Crippen LogP contribution in [0.3, 0.4) is 0 Å². The zero-order valence-corrected chi connectivity index (χ0v) is 32.4. The summed E-state index contributed by atoms with van der Waals surface area (Å²) in [6.07, 6.45) is 0. The number of rotatable bonds is 6. The summed E-state index contributed by atoms with van der Waals surface area (Å²) in [6.45, 7) is 0. The van der Waals surface area contributed by atoms with Gasteiger partial charge < -0.3 is 12.3 Å². The smallest absolute Gasteiger partial charge is 0.390 e. The van der Waals surface area contributed by atoms with Crippen molar-refractivity contribution in [3.63, 3.8) is 0 Å². The number of benzene rings is 6. The van der Waals surface area contributed by atoms with Crippen molar-refractivity contribution in [3.05, 3.63) is 176 Å². The van der Waals surface area contributed by atoms with E-state index in [1.807, 2.05) is 146 Å². The molecule has 48 heavy (non-hydrogen) atoms. The maximum atomic E-state index is 7.75. The lowest BCUT2D eigenvalue weighted by molar-refractivity contribution is 0.268. The SMILES string of the molecule is Clc1ccc([Si]2(c3ccc(Cl)cc3)O[Si](c3ccc(Cl)cc3)(c3ccc(Cl)cc3)O[Si](c3ccc(Cl)cc3)(c3ccc(Cl)cc3)O2)cc1. The topological polar surface area (TPSA) is 27.7 Å². The highest BCUT2D eigenvalue weighted by Crippen LogP contribution is 2.33. The van der Waals surface area contributed by atoms with Crippen molar-refractivity contribution in [3.8, 4) is 0 Å². The van der Waals surface area contributed by atoms with Gasteiger partial charge in [0.1, 0.15) is 0 Å². The molecule has 3 nitrogen and oxygen atoms in total. The van der Waals surface area contributed by atoms with Crippen LogP contribution in [0.2, 0.25) is 30.1 Å². The quantitative estimate of drug-likeness (QED) is 0.162. The first-order valence-corrected chi connectivity index (χ1v) is 22.5. The Bertz CT molecular complexity index is 1660. The van der Waals surface area contributed by atoms with Crippen molar-refractivity contribution >= 4 is 126 Å². The molecule has 1 fully saturated rings. The van der Waals surface area contributed by atoms with E-state index in [1.54, 1.807) is 0 Å². The van der Waals surface area contributed by atoms with E-state index in [0.717, 1.165) is 31.1 Å². The van der Waals surface area contributed by atoms with Crippen molar-refractivity contribution in [1.82, 2.24) is 0 Å². The molecule has 1 aliphatic heterocycles. The third-order valence-corrected chi connectivity index (χ3v) is 23.2. The molecular formula is C36H24Cl6O3Si3. The fraction of sp³-hybridized carbons (Fsp3) is 0. The maximum Gasteiger partial charge on any atom is 0.390 e. The van der Waals surface area contributed by atoms with Gasteiger partial charge in [-0.1, -0.05) is 142 Å². The first-order valence-electron chi connectivity index (χ1n) is 14.8. The molecule has 1 aliphatic rings. The summed E-state index contributed by atoms with van der Waals surface area (Å²) in [5.74, 6) is 0. The summed E-state index contributed by atoms with van der Waals surface area (Å²) >= 11 is 38.9. The van der Waals surface area contributed by atoms with Crippen molar-refractivity contribution in [2.75, 3.05) is 0 Å². The largest absolute Gasteiger partial charge is 0.402 e. The Morgan fingerprint density at radius 1 is 0.229 bits per heavy atom. The molecule has 0 amide bonds. The second-order valence-electron chi connectivity index (χ2n) is 11.2. The third kappa shape index (κ3) is 6.35. The van der Waals surface area contributed by atoms with Crippen LogP contribution in [-0.2, 0) is 12.3 Å². The van der Waals surface area contributed by atoms with E-state index in [4.69, 9.17) is 82.0 Å². The predicted molar refractivity (Wildman–Crippen MR) is 207 cm³/mol. The molecule has 0 radical (unpaired) electrons. The van der Waals surface area contributed by atoms with Gasteiger partial charge in [0.25, 0.3) is 0 Å². The van der Waals surface area contributed by atoms with E-state index < -0.39 is 25.7 Å². The highest BCUT2D eigenvalue weighted by Gasteiger charge is 2.67. The van der Waals surface area contributed by atoms with Gasteiger partial charge in [0.15, 0.2) is 0 Å². The third-order valence-electron chi connectivity index (χ3n) is 8.21. The van der Waals surface area contributed by atoms with Gasteiger partial charge in [-0.15, -0.1) is 0 Å². The predicted octanol–water partition coefficient (Wildman–Crippen LogP) is 7.74. The van der Waals surface area contributed by atoms with Gasteiger partial charge in [0.05, 0.1) is 0 Å². The second-order valence-corrected chi connectivity index (χ2v) is 23.4. The molecule has 7 rings (SSSR count). The fourth-order valence-corrected chi connectivity index (χ4v) is 23.4. The Hall–Kier alpha value is -2.41. The molecule has 0 aliphatic carbocycles. The van der Waals surface area contributed by atoms with E-state index in [1.165, 1.54) is 0 Å². The Kier molecular flexibility index (Phi) is 9.73.